The number of carboxylic acids is 1. The molecule has 0 radical (unpaired) electrons. The molecule has 1 N–H and O–H groups in total. The van der Waals surface area contributed by atoms with Gasteiger partial charge in [-0.25, -0.2) is 4.79 Å². The van der Waals surface area contributed by atoms with E-state index in [9.17, 15) is 4.79 Å². The van der Waals surface area contributed by atoms with E-state index in [1.54, 1.807) is 6.07 Å². The Labute approximate surface area is 115 Å². The van der Waals surface area contributed by atoms with Crippen LogP contribution in [0.15, 0.2) is 28.7 Å². The monoisotopic (exact) mass is 308 g/mol. The summed E-state index contributed by atoms with van der Waals surface area (Å²) in [6.45, 7) is 0.501. The van der Waals surface area contributed by atoms with Gasteiger partial charge in [-0.2, -0.15) is 0 Å². The van der Waals surface area contributed by atoms with Gasteiger partial charge in [0.25, 0.3) is 0 Å². The van der Waals surface area contributed by atoms with Crippen LogP contribution in [0.3, 0.4) is 0 Å². The van der Waals surface area contributed by atoms with E-state index in [4.69, 9.17) is 16.3 Å². The van der Waals surface area contributed by atoms with Crippen molar-refractivity contribution in [1.29, 1.82) is 0 Å². The SMILES string of the molecule is C#CCCCOc1c(Br)cccc1/C=C/C(=O)O. The first-order valence-electron chi connectivity index (χ1n) is 5.41. The highest BCUT2D eigenvalue weighted by Crippen LogP contribution is 2.30. The highest BCUT2D eigenvalue weighted by Gasteiger charge is 2.05. The molecule has 3 nitrogen and oxygen atoms in total. The van der Waals surface area contributed by atoms with Gasteiger partial charge in [-0.3, -0.25) is 0 Å². The van der Waals surface area contributed by atoms with Crippen molar-refractivity contribution in [1.82, 2.24) is 0 Å². The molecule has 1 aromatic carbocycles. The minimum atomic E-state index is -0.992. The predicted octanol–water partition coefficient (Wildman–Crippen LogP) is 3.34. The van der Waals surface area contributed by atoms with Crippen LogP contribution in [0.2, 0.25) is 0 Å². The number of rotatable bonds is 6. The molecule has 1 rings (SSSR count). The van der Waals surface area contributed by atoms with E-state index >= 15 is 0 Å². The Hall–Kier alpha value is -1.73. The van der Waals surface area contributed by atoms with Crippen LogP contribution in [0.4, 0.5) is 0 Å². The maximum absolute atomic E-state index is 10.5. The molecule has 0 fully saturated rings. The van der Waals surface area contributed by atoms with Crippen molar-refractivity contribution in [3.63, 3.8) is 0 Å². The second kappa shape index (κ2) is 7.57. The highest BCUT2D eigenvalue weighted by atomic mass is 79.9. The molecule has 0 aromatic heterocycles. The largest absolute Gasteiger partial charge is 0.492 e. The topological polar surface area (TPSA) is 46.5 Å². The predicted molar refractivity (Wildman–Crippen MR) is 74.4 cm³/mol. The molecule has 94 valence electrons. The van der Waals surface area contributed by atoms with Gasteiger partial charge in [0.1, 0.15) is 5.75 Å². The van der Waals surface area contributed by atoms with Crippen LogP contribution >= 0.6 is 15.9 Å². The Morgan fingerprint density at radius 2 is 2.33 bits per heavy atom. The lowest BCUT2D eigenvalue weighted by molar-refractivity contribution is -0.131. The van der Waals surface area contributed by atoms with Gasteiger partial charge in [-0.05, 0) is 34.5 Å². The van der Waals surface area contributed by atoms with Gasteiger partial charge in [0, 0.05) is 18.1 Å². The Morgan fingerprint density at radius 3 is 3.00 bits per heavy atom. The normalized spacial score (nSPS) is 10.2. The van der Waals surface area contributed by atoms with E-state index in [0.29, 0.717) is 24.3 Å². The number of ether oxygens (including phenoxy) is 1. The number of para-hydroxylation sites is 1. The van der Waals surface area contributed by atoms with Crippen molar-refractivity contribution in [2.45, 2.75) is 12.8 Å². The lowest BCUT2D eigenvalue weighted by Gasteiger charge is -2.10. The molecule has 0 saturated heterocycles. The van der Waals surface area contributed by atoms with Crippen molar-refractivity contribution in [3.8, 4) is 18.1 Å². The summed E-state index contributed by atoms with van der Waals surface area (Å²) >= 11 is 3.38. The standard InChI is InChI=1S/C14H13BrO3/c1-2-3-4-10-18-14-11(8-9-13(16)17)6-5-7-12(14)15/h1,5-9H,3-4,10H2,(H,16,17)/b9-8+. The maximum atomic E-state index is 10.5. The molecule has 1 aromatic rings. The van der Waals surface area contributed by atoms with Crippen LogP contribution in [-0.4, -0.2) is 17.7 Å². The van der Waals surface area contributed by atoms with Gasteiger partial charge in [0.15, 0.2) is 0 Å². The molecule has 18 heavy (non-hydrogen) atoms. The van der Waals surface area contributed by atoms with Gasteiger partial charge in [-0.15, -0.1) is 12.3 Å². The average Bonchev–Trinajstić information content (AvgIpc) is 2.34. The summed E-state index contributed by atoms with van der Waals surface area (Å²) in [5, 5.41) is 8.62. The second-order valence-electron chi connectivity index (χ2n) is 3.49. The van der Waals surface area contributed by atoms with Gasteiger partial charge in [0.2, 0.25) is 0 Å². The molecule has 0 atom stereocenters. The fraction of sp³-hybridized carbons (Fsp3) is 0.214. The van der Waals surface area contributed by atoms with E-state index in [1.807, 2.05) is 12.1 Å². The highest BCUT2D eigenvalue weighted by molar-refractivity contribution is 9.10. The number of aliphatic carboxylic acids is 1. The van der Waals surface area contributed by atoms with Gasteiger partial charge < -0.3 is 9.84 Å². The van der Waals surface area contributed by atoms with E-state index in [0.717, 1.165) is 17.0 Å². The lowest BCUT2D eigenvalue weighted by atomic mass is 10.2. The van der Waals surface area contributed by atoms with Crippen LogP contribution in [0.1, 0.15) is 18.4 Å². The van der Waals surface area contributed by atoms with Crippen LogP contribution in [0, 0.1) is 12.3 Å². The molecule has 0 aliphatic carbocycles. The van der Waals surface area contributed by atoms with Gasteiger partial charge in [-0.1, -0.05) is 12.1 Å². The van der Waals surface area contributed by atoms with E-state index in [2.05, 4.69) is 21.9 Å². The van der Waals surface area contributed by atoms with E-state index in [-0.39, 0.29) is 0 Å². The Bertz CT molecular complexity index is 486. The molecular weight excluding hydrogens is 296 g/mol. The number of benzene rings is 1. The summed E-state index contributed by atoms with van der Waals surface area (Å²) < 4.78 is 6.40. The van der Waals surface area contributed by atoms with Crippen molar-refractivity contribution < 1.29 is 14.6 Å². The first kappa shape index (κ1) is 14.3. The molecule has 0 bridgehead atoms. The lowest BCUT2D eigenvalue weighted by Crippen LogP contribution is -1.99. The molecule has 0 aliphatic heterocycles. The fourth-order valence-corrected chi connectivity index (χ4v) is 1.81. The summed E-state index contributed by atoms with van der Waals surface area (Å²) in [6, 6.07) is 5.45. The Kier molecular flexibility index (Phi) is 6.03. The minimum absolute atomic E-state index is 0.501. The van der Waals surface area contributed by atoms with Crippen LogP contribution in [-0.2, 0) is 4.79 Å². The molecule has 0 saturated carbocycles. The zero-order valence-electron chi connectivity index (χ0n) is 9.73. The second-order valence-corrected chi connectivity index (χ2v) is 4.34. The van der Waals surface area contributed by atoms with E-state index in [1.165, 1.54) is 6.08 Å². The zero-order valence-corrected chi connectivity index (χ0v) is 11.3. The van der Waals surface area contributed by atoms with Crippen LogP contribution in [0.5, 0.6) is 5.75 Å². The smallest absolute Gasteiger partial charge is 0.328 e. The summed E-state index contributed by atoms with van der Waals surface area (Å²) in [5.41, 5.74) is 0.715. The Morgan fingerprint density at radius 1 is 1.56 bits per heavy atom. The molecule has 0 aliphatic rings. The quantitative estimate of drug-likeness (QED) is 0.498. The average molecular weight is 309 g/mol. The molecule has 0 unspecified atom stereocenters. The summed E-state index contributed by atoms with van der Waals surface area (Å²) in [4.78, 5) is 10.5. The molecule has 0 heterocycles. The number of carboxylic acid groups (broad SMARTS) is 1. The Balaban J connectivity index is 2.81. The van der Waals surface area contributed by atoms with Crippen LogP contribution < -0.4 is 4.74 Å². The third-order valence-corrected chi connectivity index (χ3v) is 2.74. The minimum Gasteiger partial charge on any atom is -0.492 e. The molecule has 4 heteroatoms. The molecule has 0 amide bonds. The number of halogens is 1. The van der Waals surface area contributed by atoms with Crippen molar-refractivity contribution >= 4 is 28.0 Å². The van der Waals surface area contributed by atoms with Crippen molar-refractivity contribution in [2.24, 2.45) is 0 Å². The molecule has 0 spiro atoms. The third-order valence-electron chi connectivity index (χ3n) is 2.11. The number of hydrogen-bond donors (Lipinski definition) is 1. The number of carbonyl (C=O) groups is 1. The van der Waals surface area contributed by atoms with Crippen molar-refractivity contribution in [2.75, 3.05) is 6.61 Å². The van der Waals surface area contributed by atoms with Crippen molar-refractivity contribution in [3.05, 3.63) is 34.3 Å². The summed E-state index contributed by atoms with van der Waals surface area (Å²) in [5.74, 6) is 2.18. The van der Waals surface area contributed by atoms with Gasteiger partial charge >= 0.3 is 5.97 Å². The number of terminal acetylenes is 1. The fourth-order valence-electron chi connectivity index (χ4n) is 1.32. The number of hydrogen-bond acceptors (Lipinski definition) is 2. The van der Waals surface area contributed by atoms with Crippen LogP contribution in [0.25, 0.3) is 6.08 Å². The molecular formula is C14H13BrO3. The third kappa shape index (κ3) is 4.64. The first-order chi connectivity index (χ1) is 8.65. The summed E-state index contributed by atoms with van der Waals surface area (Å²) in [6.07, 6.45) is 9.16. The maximum Gasteiger partial charge on any atom is 0.328 e. The van der Waals surface area contributed by atoms with E-state index < -0.39 is 5.97 Å². The van der Waals surface area contributed by atoms with Gasteiger partial charge in [0.05, 0.1) is 11.1 Å². The first-order valence-corrected chi connectivity index (χ1v) is 6.20. The number of unbranched alkanes of at least 4 members (excludes halogenated alkanes) is 1. The zero-order chi connectivity index (χ0) is 13.4. The summed E-state index contributed by atoms with van der Waals surface area (Å²) in [7, 11) is 0.